The monoisotopic (exact) mass is 439 g/mol. The number of carbonyl (C=O) groups excluding carboxylic acids is 1. The SMILES string of the molecule is COC(=O)c1ccc(C(C)Sc2nnc(Nc3cccc(Br)c3)s2)o1. The number of furan rings is 1. The third-order valence-electron chi connectivity index (χ3n) is 3.17. The zero-order chi connectivity index (χ0) is 17.8. The van der Waals surface area contributed by atoms with Gasteiger partial charge in [-0.2, -0.15) is 0 Å². The lowest BCUT2D eigenvalue weighted by atomic mass is 10.3. The van der Waals surface area contributed by atoms with Crippen LogP contribution in [0.5, 0.6) is 0 Å². The largest absolute Gasteiger partial charge is 0.463 e. The standard InChI is InChI=1S/C16H14BrN3O3S2/c1-9(12-6-7-13(23-12)14(21)22-2)24-16-20-19-15(25-16)18-11-5-3-4-10(17)8-11/h3-9H,1-2H3,(H,18,19). The van der Waals surface area contributed by atoms with Crippen LogP contribution in [-0.2, 0) is 4.74 Å². The maximum atomic E-state index is 11.5. The van der Waals surface area contributed by atoms with Gasteiger partial charge in [0.05, 0.1) is 12.4 Å². The number of rotatable bonds is 6. The highest BCUT2D eigenvalue weighted by Crippen LogP contribution is 2.38. The molecule has 2 heterocycles. The zero-order valence-corrected chi connectivity index (χ0v) is 16.6. The van der Waals surface area contributed by atoms with Gasteiger partial charge in [0.15, 0.2) is 4.34 Å². The summed E-state index contributed by atoms with van der Waals surface area (Å²) >= 11 is 6.41. The molecule has 6 nitrogen and oxygen atoms in total. The van der Waals surface area contributed by atoms with Crippen LogP contribution >= 0.6 is 39.0 Å². The fourth-order valence-corrected chi connectivity index (χ4v) is 4.38. The lowest BCUT2D eigenvalue weighted by Gasteiger charge is -2.04. The minimum absolute atomic E-state index is 0.00919. The van der Waals surface area contributed by atoms with Crippen molar-refractivity contribution in [2.45, 2.75) is 16.5 Å². The summed E-state index contributed by atoms with van der Waals surface area (Å²) in [6.07, 6.45) is 0. The average molecular weight is 440 g/mol. The highest BCUT2D eigenvalue weighted by atomic mass is 79.9. The Morgan fingerprint density at radius 2 is 2.20 bits per heavy atom. The third-order valence-corrected chi connectivity index (χ3v) is 5.71. The van der Waals surface area contributed by atoms with Gasteiger partial charge in [0.1, 0.15) is 5.76 Å². The highest BCUT2D eigenvalue weighted by molar-refractivity contribution is 9.10. The van der Waals surface area contributed by atoms with Crippen molar-refractivity contribution in [2.24, 2.45) is 0 Å². The van der Waals surface area contributed by atoms with Gasteiger partial charge in [0.2, 0.25) is 10.9 Å². The minimum atomic E-state index is -0.486. The molecule has 0 radical (unpaired) electrons. The average Bonchev–Trinajstić information content (AvgIpc) is 3.24. The summed E-state index contributed by atoms with van der Waals surface area (Å²) in [4.78, 5) is 11.5. The summed E-state index contributed by atoms with van der Waals surface area (Å²) in [6.45, 7) is 1.98. The number of aromatic nitrogens is 2. The molecule has 0 aliphatic heterocycles. The van der Waals surface area contributed by atoms with Crippen molar-refractivity contribution in [3.63, 3.8) is 0 Å². The van der Waals surface area contributed by atoms with E-state index >= 15 is 0 Å². The molecule has 0 fully saturated rings. The van der Waals surface area contributed by atoms with Crippen LogP contribution in [0.25, 0.3) is 0 Å². The van der Waals surface area contributed by atoms with Crippen molar-refractivity contribution < 1.29 is 13.9 Å². The van der Waals surface area contributed by atoms with Gasteiger partial charge >= 0.3 is 5.97 Å². The van der Waals surface area contributed by atoms with E-state index < -0.39 is 5.97 Å². The Morgan fingerprint density at radius 3 is 2.96 bits per heavy atom. The Morgan fingerprint density at radius 1 is 1.36 bits per heavy atom. The number of carbonyl (C=O) groups is 1. The molecule has 1 atom stereocenters. The Hall–Kier alpha value is -1.84. The molecule has 1 unspecified atom stereocenters. The molecule has 0 amide bonds. The number of benzene rings is 1. The van der Waals surface area contributed by atoms with Gasteiger partial charge in [0, 0.05) is 10.2 Å². The van der Waals surface area contributed by atoms with Gasteiger partial charge in [-0.3, -0.25) is 0 Å². The van der Waals surface area contributed by atoms with Crippen LogP contribution in [0.15, 0.2) is 49.6 Å². The minimum Gasteiger partial charge on any atom is -0.463 e. The van der Waals surface area contributed by atoms with Crippen LogP contribution in [0.2, 0.25) is 0 Å². The van der Waals surface area contributed by atoms with E-state index in [9.17, 15) is 4.79 Å². The van der Waals surface area contributed by atoms with E-state index in [0.717, 1.165) is 14.5 Å². The van der Waals surface area contributed by atoms with Crippen LogP contribution in [0.4, 0.5) is 10.8 Å². The molecule has 0 saturated heterocycles. The lowest BCUT2D eigenvalue weighted by molar-refractivity contribution is 0.0563. The lowest BCUT2D eigenvalue weighted by Crippen LogP contribution is -1.98. The summed E-state index contributed by atoms with van der Waals surface area (Å²) in [5.74, 6) is 0.390. The summed E-state index contributed by atoms with van der Waals surface area (Å²) in [5, 5.41) is 12.3. The predicted molar refractivity (Wildman–Crippen MR) is 102 cm³/mol. The second-order valence-corrected chi connectivity index (χ2v) is 8.44. The van der Waals surface area contributed by atoms with E-state index in [1.807, 2.05) is 31.2 Å². The van der Waals surface area contributed by atoms with Crippen molar-refractivity contribution in [2.75, 3.05) is 12.4 Å². The molecule has 9 heteroatoms. The number of methoxy groups -OCH3 is 1. The first-order chi connectivity index (χ1) is 12.0. The van der Waals surface area contributed by atoms with Gasteiger partial charge < -0.3 is 14.5 Å². The van der Waals surface area contributed by atoms with E-state index in [-0.39, 0.29) is 11.0 Å². The molecule has 130 valence electrons. The van der Waals surface area contributed by atoms with E-state index in [2.05, 4.69) is 36.2 Å². The topological polar surface area (TPSA) is 77.2 Å². The maximum absolute atomic E-state index is 11.5. The number of nitrogens with one attached hydrogen (secondary N) is 1. The molecule has 0 spiro atoms. The molecular weight excluding hydrogens is 426 g/mol. The Labute approximate surface area is 161 Å². The molecule has 0 aliphatic rings. The number of hydrogen-bond acceptors (Lipinski definition) is 8. The second kappa shape index (κ2) is 8.03. The van der Waals surface area contributed by atoms with E-state index in [1.54, 1.807) is 12.1 Å². The van der Waals surface area contributed by atoms with Crippen LogP contribution in [0.1, 0.15) is 28.5 Å². The molecule has 3 aromatic rings. The van der Waals surface area contributed by atoms with Gasteiger partial charge in [-0.15, -0.1) is 10.2 Å². The molecule has 1 aromatic carbocycles. The normalized spacial score (nSPS) is 12.0. The summed E-state index contributed by atoms with van der Waals surface area (Å²) in [5.41, 5.74) is 0.934. The number of halogens is 1. The van der Waals surface area contributed by atoms with E-state index in [0.29, 0.717) is 10.9 Å². The summed E-state index contributed by atoms with van der Waals surface area (Å²) in [7, 11) is 1.32. The quantitative estimate of drug-likeness (QED) is 0.413. The first-order valence-corrected chi connectivity index (χ1v) is 9.75. The number of nitrogens with zero attached hydrogens (tertiary/aromatic N) is 2. The smallest absolute Gasteiger partial charge is 0.373 e. The maximum Gasteiger partial charge on any atom is 0.373 e. The summed E-state index contributed by atoms with van der Waals surface area (Å²) < 4.78 is 12.0. The molecule has 2 aromatic heterocycles. The van der Waals surface area contributed by atoms with Crippen LogP contribution in [0, 0.1) is 0 Å². The van der Waals surface area contributed by atoms with Crippen molar-refractivity contribution in [1.82, 2.24) is 10.2 Å². The van der Waals surface area contributed by atoms with Crippen LogP contribution in [-0.4, -0.2) is 23.3 Å². The number of hydrogen-bond donors (Lipinski definition) is 1. The van der Waals surface area contributed by atoms with E-state index in [1.165, 1.54) is 30.2 Å². The molecule has 0 aliphatic carbocycles. The number of ether oxygens (including phenoxy) is 1. The number of thioether (sulfide) groups is 1. The summed E-state index contributed by atoms with van der Waals surface area (Å²) in [6, 6.07) is 11.2. The fraction of sp³-hybridized carbons (Fsp3) is 0.188. The Bertz CT molecular complexity index is 881. The molecule has 0 bridgehead atoms. The first-order valence-electron chi connectivity index (χ1n) is 7.26. The zero-order valence-electron chi connectivity index (χ0n) is 13.4. The highest BCUT2D eigenvalue weighted by Gasteiger charge is 2.18. The third kappa shape index (κ3) is 4.62. The van der Waals surface area contributed by atoms with Gasteiger partial charge in [-0.05, 0) is 37.3 Å². The number of anilines is 2. The number of esters is 1. The van der Waals surface area contributed by atoms with E-state index in [4.69, 9.17) is 4.42 Å². The second-order valence-electron chi connectivity index (χ2n) is 4.96. The van der Waals surface area contributed by atoms with Gasteiger partial charge in [0.25, 0.3) is 0 Å². The molecular formula is C16H14BrN3O3S2. The fourth-order valence-electron chi connectivity index (χ4n) is 1.99. The molecule has 0 saturated carbocycles. The Kier molecular flexibility index (Phi) is 5.77. The molecule has 1 N–H and O–H groups in total. The van der Waals surface area contributed by atoms with Crippen LogP contribution in [0.3, 0.4) is 0 Å². The van der Waals surface area contributed by atoms with Crippen molar-refractivity contribution in [1.29, 1.82) is 0 Å². The van der Waals surface area contributed by atoms with Crippen molar-refractivity contribution in [3.05, 3.63) is 52.4 Å². The molecule has 3 rings (SSSR count). The van der Waals surface area contributed by atoms with Gasteiger partial charge in [-0.1, -0.05) is 45.1 Å². The van der Waals surface area contributed by atoms with Gasteiger partial charge in [-0.25, -0.2) is 4.79 Å². The predicted octanol–water partition coefficient (Wildman–Crippen LogP) is 5.28. The molecule has 25 heavy (non-hydrogen) atoms. The first kappa shape index (κ1) is 18.0. The van der Waals surface area contributed by atoms with Crippen molar-refractivity contribution >= 4 is 55.8 Å². The van der Waals surface area contributed by atoms with Crippen LogP contribution < -0.4 is 5.32 Å². The Balaban J connectivity index is 1.64. The van der Waals surface area contributed by atoms with Crippen molar-refractivity contribution in [3.8, 4) is 0 Å².